The Morgan fingerprint density at radius 3 is 2.74 bits per heavy atom. The van der Waals surface area contributed by atoms with Gasteiger partial charge < -0.3 is 10.2 Å². The summed E-state index contributed by atoms with van der Waals surface area (Å²) in [6.07, 6.45) is 3.25. The van der Waals surface area contributed by atoms with Gasteiger partial charge in [0.05, 0.1) is 5.92 Å². The molecule has 0 spiro atoms. The fourth-order valence-corrected chi connectivity index (χ4v) is 2.91. The smallest absolute Gasteiger partial charge is 0.225 e. The highest BCUT2D eigenvalue weighted by molar-refractivity contribution is 5.89. The van der Waals surface area contributed by atoms with E-state index in [1.807, 2.05) is 23.1 Å². The third-order valence-electron chi connectivity index (χ3n) is 4.34. The molecule has 23 heavy (non-hydrogen) atoms. The molecule has 2 rings (SSSR count). The SMILES string of the molecule is CC(C)CCNC(=O)C1CC(=O)N(CCCc2ccccc2)C1. The van der Waals surface area contributed by atoms with Crippen LogP contribution in [0, 0.1) is 11.8 Å². The van der Waals surface area contributed by atoms with E-state index in [4.69, 9.17) is 0 Å². The van der Waals surface area contributed by atoms with Crippen molar-refractivity contribution in [1.29, 1.82) is 0 Å². The Kier molecular flexibility index (Phi) is 6.63. The summed E-state index contributed by atoms with van der Waals surface area (Å²) < 4.78 is 0. The molecule has 0 saturated carbocycles. The van der Waals surface area contributed by atoms with E-state index in [0.29, 0.717) is 25.4 Å². The van der Waals surface area contributed by atoms with E-state index in [1.165, 1.54) is 5.56 Å². The first-order valence-electron chi connectivity index (χ1n) is 8.65. The number of hydrogen-bond acceptors (Lipinski definition) is 2. The Morgan fingerprint density at radius 2 is 2.04 bits per heavy atom. The number of nitrogens with zero attached hydrogens (tertiary/aromatic N) is 1. The van der Waals surface area contributed by atoms with Crippen molar-refractivity contribution in [3.05, 3.63) is 35.9 Å². The molecule has 1 saturated heterocycles. The van der Waals surface area contributed by atoms with Crippen molar-refractivity contribution in [2.45, 2.75) is 39.5 Å². The summed E-state index contributed by atoms with van der Waals surface area (Å²) in [6, 6.07) is 10.3. The molecule has 4 nitrogen and oxygen atoms in total. The zero-order valence-corrected chi connectivity index (χ0v) is 14.3. The fraction of sp³-hybridized carbons (Fsp3) is 0.579. The molecule has 1 aromatic rings. The quantitative estimate of drug-likeness (QED) is 0.801. The summed E-state index contributed by atoms with van der Waals surface area (Å²) in [5.74, 6) is 0.549. The summed E-state index contributed by atoms with van der Waals surface area (Å²) in [5.41, 5.74) is 1.29. The predicted octanol–water partition coefficient (Wildman–Crippen LogP) is 2.63. The summed E-state index contributed by atoms with van der Waals surface area (Å²) in [4.78, 5) is 26.0. The standard InChI is InChI=1S/C19H28N2O2/c1-15(2)10-11-20-19(23)17-13-18(22)21(14-17)12-6-9-16-7-4-3-5-8-16/h3-5,7-8,15,17H,6,9-14H2,1-2H3,(H,20,23). The summed E-state index contributed by atoms with van der Waals surface area (Å²) in [7, 11) is 0. The third kappa shape index (κ3) is 5.70. The highest BCUT2D eigenvalue weighted by Crippen LogP contribution is 2.18. The molecule has 1 N–H and O–H groups in total. The van der Waals surface area contributed by atoms with E-state index in [1.54, 1.807) is 0 Å². The van der Waals surface area contributed by atoms with Crippen LogP contribution >= 0.6 is 0 Å². The maximum atomic E-state index is 12.1. The van der Waals surface area contributed by atoms with E-state index >= 15 is 0 Å². The first-order valence-corrected chi connectivity index (χ1v) is 8.65. The molecule has 1 unspecified atom stereocenters. The molecule has 1 aliphatic heterocycles. The Labute approximate surface area is 139 Å². The number of carbonyl (C=O) groups is 2. The van der Waals surface area contributed by atoms with Gasteiger partial charge in [-0.1, -0.05) is 44.2 Å². The summed E-state index contributed by atoms with van der Waals surface area (Å²) >= 11 is 0. The van der Waals surface area contributed by atoms with E-state index in [-0.39, 0.29) is 17.7 Å². The van der Waals surface area contributed by atoms with Gasteiger partial charge in [-0.25, -0.2) is 0 Å². The van der Waals surface area contributed by atoms with Crippen molar-refractivity contribution >= 4 is 11.8 Å². The maximum absolute atomic E-state index is 12.1. The average molecular weight is 316 g/mol. The van der Waals surface area contributed by atoms with Crippen LogP contribution < -0.4 is 5.32 Å². The number of carbonyl (C=O) groups excluding carboxylic acids is 2. The molecule has 1 atom stereocenters. The largest absolute Gasteiger partial charge is 0.356 e. The first kappa shape index (κ1) is 17.5. The van der Waals surface area contributed by atoms with Crippen LogP contribution in [-0.2, 0) is 16.0 Å². The molecule has 1 fully saturated rings. The van der Waals surface area contributed by atoms with Gasteiger partial charge in [-0.2, -0.15) is 0 Å². The van der Waals surface area contributed by atoms with Crippen molar-refractivity contribution in [3.8, 4) is 0 Å². The van der Waals surface area contributed by atoms with Crippen LogP contribution in [0.4, 0.5) is 0 Å². The van der Waals surface area contributed by atoms with Gasteiger partial charge in [0.15, 0.2) is 0 Å². The van der Waals surface area contributed by atoms with Gasteiger partial charge in [-0.05, 0) is 30.7 Å². The number of nitrogens with one attached hydrogen (secondary N) is 1. The van der Waals surface area contributed by atoms with Gasteiger partial charge in [0.2, 0.25) is 11.8 Å². The third-order valence-corrected chi connectivity index (χ3v) is 4.34. The van der Waals surface area contributed by atoms with Crippen molar-refractivity contribution < 1.29 is 9.59 Å². The summed E-state index contributed by atoms with van der Waals surface area (Å²) in [6.45, 7) is 6.29. The molecular weight excluding hydrogens is 288 g/mol. The Hall–Kier alpha value is -1.84. The van der Waals surface area contributed by atoms with E-state index in [9.17, 15) is 9.59 Å². The second-order valence-corrected chi connectivity index (χ2v) is 6.80. The topological polar surface area (TPSA) is 49.4 Å². The minimum atomic E-state index is -0.175. The molecule has 2 amide bonds. The van der Waals surface area contributed by atoms with Crippen LogP contribution in [0.2, 0.25) is 0 Å². The molecule has 0 aliphatic carbocycles. The van der Waals surface area contributed by atoms with Gasteiger partial charge >= 0.3 is 0 Å². The van der Waals surface area contributed by atoms with Gasteiger partial charge in [0.25, 0.3) is 0 Å². The van der Waals surface area contributed by atoms with E-state index in [0.717, 1.165) is 25.8 Å². The number of aryl methyl sites for hydroxylation is 1. The lowest BCUT2D eigenvalue weighted by Gasteiger charge is -2.16. The molecule has 1 heterocycles. The fourth-order valence-electron chi connectivity index (χ4n) is 2.91. The van der Waals surface area contributed by atoms with E-state index in [2.05, 4.69) is 31.3 Å². The second-order valence-electron chi connectivity index (χ2n) is 6.80. The van der Waals surface area contributed by atoms with E-state index < -0.39 is 0 Å². The van der Waals surface area contributed by atoms with Crippen LogP contribution in [0.3, 0.4) is 0 Å². The average Bonchev–Trinajstić information content (AvgIpc) is 2.89. The lowest BCUT2D eigenvalue weighted by Crippen LogP contribution is -2.34. The van der Waals surface area contributed by atoms with Crippen molar-refractivity contribution in [2.24, 2.45) is 11.8 Å². The molecule has 0 bridgehead atoms. The molecule has 0 aromatic heterocycles. The lowest BCUT2D eigenvalue weighted by molar-refractivity contribution is -0.129. The van der Waals surface area contributed by atoms with Crippen molar-refractivity contribution in [3.63, 3.8) is 0 Å². The molecule has 126 valence electrons. The maximum Gasteiger partial charge on any atom is 0.225 e. The van der Waals surface area contributed by atoms with Gasteiger partial charge in [0.1, 0.15) is 0 Å². The predicted molar refractivity (Wildman–Crippen MR) is 91.9 cm³/mol. The summed E-state index contributed by atoms with van der Waals surface area (Å²) in [5, 5.41) is 2.96. The zero-order chi connectivity index (χ0) is 16.7. The number of hydrogen-bond donors (Lipinski definition) is 1. The lowest BCUT2D eigenvalue weighted by atomic mass is 10.1. The Bertz CT molecular complexity index is 513. The highest BCUT2D eigenvalue weighted by atomic mass is 16.2. The number of benzene rings is 1. The van der Waals surface area contributed by atoms with Gasteiger partial charge in [-0.15, -0.1) is 0 Å². The highest BCUT2D eigenvalue weighted by Gasteiger charge is 2.33. The van der Waals surface area contributed by atoms with Crippen molar-refractivity contribution in [1.82, 2.24) is 10.2 Å². The van der Waals surface area contributed by atoms with Crippen LogP contribution in [0.25, 0.3) is 0 Å². The van der Waals surface area contributed by atoms with Crippen LogP contribution in [0.15, 0.2) is 30.3 Å². The van der Waals surface area contributed by atoms with Crippen LogP contribution in [0.5, 0.6) is 0 Å². The molecule has 0 radical (unpaired) electrons. The first-order chi connectivity index (χ1) is 11.1. The molecular formula is C19H28N2O2. The minimum absolute atomic E-state index is 0.0320. The molecule has 1 aliphatic rings. The number of amides is 2. The van der Waals surface area contributed by atoms with Crippen LogP contribution in [-0.4, -0.2) is 36.3 Å². The Morgan fingerprint density at radius 1 is 1.30 bits per heavy atom. The zero-order valence-electron chi connectivity index (χ0n) is 14.3. The molecule has 1 aromatic carbocycles. The van der Waals surface area contributed by atoms with Gasteiger partial charge in [-0.3, -0.25) is 9.59 Å². The number of likely N-dealkylation sites (tertiary alicyclic amines) is 1. The normalized spacial score (nSPS) is 17.8. The minimum Gasteiger partial charge on any atom is -0.356 e. The van der Waals surface area contributed by atoms with Gasteiger partial charge in [0, 0.05) is 26.1 Å². The van der Waals surface area contributed by atoms with Crippen molar-refractivity contribution in [2.75, 3.05) is 19.6 Å². The molecule has 4 heteroatoms. The Balaban J connectivity index is 1.71. The number of rotatable bonds is 8. The second kappa shape index (κ2) is 8.70. The monoisotopic (exact) mass is 316 g/mol. The van der Waals surface area contributed by atoms with Crippen LogP contribution in [0.1, 0.15) is 38.7 Å².